The van der Waals surface area contributed by atoms with E-state index in [4.69, 9.17) is 21.1 Å². The van der Waals surface area contributed by atoms with Gasteiger partial charge in [-0.1, -0.05) is 11.6 Å². The van der Waals surface area contributed by atoms with Crippen molar-refractivity contribution in [1.29, 1.82) is 0 Å². The SMILES string of the molecule is COc1cc(Cl)ccc1C(=O)N1CCC(Oc2ccc(C(=O)N(C)C)cn2)CC1. The lowest BCUT2D eigenvalue weighted by atomic mass is 10.1. The molecule has 2 amide bonds. The Hall–Kier alpha value is -2.80. The Bertz CT molecular complexity index is 878. The summed E-state index contributed by atoms with van der Waals surface area (Å²) in [7, 11) is 4.91. The second-order valence-electron chi connectivity index (χ2n) is 7.04. The van der Waals surface area contributed by atoms with Crippen LogP contribution in [0.25, 0.3) is 0 Å². The number of amides is 2. The van der Waals surface area contributed by atoms with Crippen LogP contribution in [-0.4, -0.2) is 67.0 Å². The summed E-state index contributed by atoms with van der Waals surface area (Å²) in [6.07, 6.45) is 2.88. The van der Waals surface area contributed by atoms with Crippen molar-refractivity contribution >= 4 is 23.4 Å². The van der Waals surface area contributed by atoms with Gasteiger partial charge in [0, 0.05) is 57.3 Å². The fraction of sp³-hybridized carbons (Fsp3) is 0.381. The number of pyridine rings is 1. The van der Waals surface area contributed by atoms with Crippen LogP contribution >= 0.6 is 11.6 Å². The number of carbonyl (C=O) groups excluding carboxylic acids is 2. The van der Waals surface area contributed by atoms with Crippen molar-refractivity contribution in [2.45, 2.75) is 18.9 Å². The van der Waals surface area contributed by atoms with Crippen LogP contribution in [0.15, 0.2) is 36.5 Å². The summed E-state index contributed by atoms with van der Waals surface area (Å²) in [5, 5.41) is 0.524. The van der Waals surface area contributed by atoms with E-state index in [1.165, 1.54) is 18.2 Å². The van der Waals surface area contributed by atoms with Crippen LogP contribution in [0.5, 0.6) is 11.6 Å². The van der Waals surface area contributed by atoms with Crippen LogP contribution in [-0.2, 0) is 0 Å². The van der Waals surface area contributed by atoms with Gasteiger partial charge in [-0.3, -0.25) is 9.59 Å². The summed E-state index contributed by atoms with van der Waals surface area (Å²) in [5.41, 5.74) is 1.01. The third-order valence-corrected chi connectivity index (χ3v) is 5.04. The maximum absolute atomic E-state index is 12.8. The molecule has 1 fully saturated rings. The number of ether oxygens (including phenoxy) is 2. The minimum atomic E-state index is -0.103. The fourth-order valence-corrected chi connectivity index (χ4v) is 3.36. The van der Waals surface area contributed by atoms with Crippen molar-refractivity contribution in [3.63, 3.8) is 0 Å². The zero-order valence-corrected chi connectivity index (χ0v) is 17.5. The van der Waals surface area contributed by atoms with E-state index >= 15 is 0 Å². The lowest BCUT2D eigenvalue weighted by Gasteiger charge is -2.32. The highest BCUT2D eigenvalue weighted by Crippen LogP contribution is 2.26. The van der Waals surface area contributed by atoms with E-state index in [0.29, 0.717) is 53.7 Å². The molecule has 2 heterocycles. The molecule has 0 radical (unpaired) electrons. The summed E-state index contributed by atoms with van der Waals surface area (Å²) in [5.74, 6) is 0.761. The number of rotatable bonds is 5. The lowest BCUT2D eigenvalue weighted by molar-refractivity contribution is 0.0585. The molecule has 0 atom stereocenters. The molecule has 2 aromatic rings. The molecule has 1 aromatic carbocycles. The molecule has 1 aromatic heterocycles. The number of nitrogens with zero attached hydrogens (tertiary/aromatic N) is 3. The van der Waals surface area contributed by atoms with Gasteiger partial charge in [0.1, 0.15) is 11.9 Å². The Balaban J connectivity index is 1.57. The van der Waals surface area contributed by atoms with Gasteiger partial charge in [-0.05, 0) is 24.3 Å². The van der Waals surface area contributed by atoms with Crippen LogP contribution in [0.3, 0.4) is 0 Å². The molecule has 0 aliphatic carbocycles. The number of likely N-dealkylation sites (tertiary alicyclic amines) is 1. The molecule has 1 aliphatic rings. The van der Waals surface area contributed by atoms with Crippen molar-refractivity contribution in [2.24, 2.45) is 0 Å². The number of benzene rings is 1. The van der Waals surface area contributed by atoms with Crippen LogP contribution < -0.4 is 9.47 Å². The number of piperidine rings is 1. The van der Waals surface area contributed by atoms with Crippen LogP contribution in [0, 0.1) is 0 Å². The van der Waals surface area contributed by atoms with Crippen molar-refractivity contribution in [1.82, 2.24) is 14.8 Å². The lowest BCUT2D eigenvalue weighted by Crippen LogP contribution is -2.42. The monoisotopic (exact) mass is 417 g/mol. The Morgan fingerprint density at radius 3 is 2.48 bits per heavy atom. The largest absolute Gasteiger partial charge is 0.496 e. The Kier molecular flexibility index (Phi) is 6.59. The molecule has 0 spiro atoms. The van der Waals surface area contributed by atoms with Crippen LogP contribution in [0.4, 0.5) is 0 Å². The van der Waals surface area contributed by atoms with Gasteiger partial charge >= 0.3 is 0 Å². The first-order valence-corrected chi connectivity index (χ1v) is 9.74. The summed E-state index contributed by atoms with van der Waals surface area (Å²) in [4.78, 5) is 32.3. The summed E-state index contributed by atoms with van der Waals surface area (Å²) in [6, 6.07) is 8.42. The first kappa shape index (κ1) is 20.9. The first-order chi connectivity index (χ1) is 13.9. The van der Waals surface area contributed by atoms with Crippen molar-refractivity contribution < 1.29 is 19.1 Å². The van der Waals surface area contributed by atoms with Crippen LogP contribution in [0.2, 0.25) is 5.02 Å². The maximum atomic E-state index is 12.8. The standard InChI is InChI=1S/C21H24ClN3O4/c1-24(2)20(26)14-4-7-19(23-13-14)29-16-8-10-25(11-9-16)21(27)17-6-5-15(22)12-18(17)28-3/h4-7,12-13,16H,8-11H2,1-3H3. The van der Waals surface area contributed by atoms with E-state index in [1.807, 2.05) is 0 Å². The van der Waals surface area contributed by atoms with Crippen molar-refractivity contribution in [3.05, 3.63) is 52.7 Å². The molecule has 29 heavy (non-hydrogen) atoms. The number of hydrogen-bond acceptors (Lipinski definition) is 5. The topological polar surface area (TPSA) is 72.0 Å². The second-order valence-corrected chi connectivity index (χ2v) is 7.48. The number of halogens is 1. The van der Waals surface area contributed by atoms with Gasteiger partial charge in [0.2, 0.25) is 5.88 Å². The van der Waals surface area contributed by atoms with E-state index in [1.54, 1.807) is 49.3 Å². The highest BCUT2D eigenvalue weighted by Gasteiger charge is 2.26. The number of methoxy groups -OCH3 is 1. The van der Waals surface area contributed by atoms with E-state index in [-0.39, 0.29) is 17.9 Å². The summed E-state index contributed by atoms with van der Waals surface area (Å²) < 4.78 is 11.2. The van der Waals surface area contributed by atoms with Gasteiger partial charge in [0.25, 0.3) is 11.8 Å². The molecule has 3 rings (SSSR count). The van der Waals surface area contributed by atoms with Gasteiger partial charge in [0.05, 0.1) is 18.2 Å². The molecule has 7 nitrogen and oxygen atoms in total. The molecule has 0 unspecified atom stereocenters. The second kappa shape index (κ2) is 9.13. The first-order valence-electron chi connectivity index (χ1n) is 9.36. The Morgan fingerprint density at radius 2 is 1.90 bits per heavy atom. The molecule has 154 valence electrons. The van der Waals surface area contributed by atoms with Crippen LogP contribution in [0.1, 0.15) is 33.6 Å². The average Bonchev–Trinajstić information content (AvgIpc) is 2.73. The molecular formula is C21H24ClN3O4. The molecule has 0 N–H and O–H groups in total. The molecule has 8 heteroatoms. The zero-order chi connectivity index (χ0) is 21.0. The molecule has 0 saturated carbocycles. The van der Waals surface area contributed by atoms with E-state index < -0.39 is 0 Å². The molecular weight excluding hydrogens is 394 g/mol. The maximum Gasteiger partial charge on any atom is 0.257 e. The molecule has 1 aliphatic heterocycles. The van der Waals surface area contributed by atoms with Crippen molar-refractivity contribution in [2.75, 3.05) is 34.3 Å². The fourth-order valence-electron chi connectivity index (χ4n) is 3.19. The summed E-state index contributed by atoms with van der Waals surface area (Å²) in [6.45, 7) is 1.15. The molecule has 0 bridgehead atoms. The average molecular weight is 418 g/mol. The van der Waals surface area contributed by atoms with Gasteiger partial charge in [-0.15, -0.1) is 0 Å². The minimum absolute atomic E-state index is 0.0333. The highest BCUT2D eigenvalue weighted by molar-refractivity contribution is 6.30. The Labute approximate surface area is 175 Å². The third kappa shape index (κ3) is 4.98. The number of carbonyl (C=O) groups is 2. The van der Waals surface area contributed by atoms with Gasteiger partial charge in [0.15, 0.2) is 0 Å². The smallest absolute Gasteiger partial charge is 0.257 e. The number of hydrogen-bond donors (Lipinski definition) is 0. The predicted octanol–water partition coefficient (Wildman–Crippen LogP) is 3.13. The van der Waals surface area contributed by atoms with Crippen molar-refractivity contribution in [3.8, 4) is 11.6 Å². The van der Waals surface area contributed by atoms with E-state index in [0.717, 1.165) is 0 Å². The highest BCUT2D eigenvalue weighted by atomic mass is 35.5. The summed E-state index contributed by atoms with van der Waals surface area (Å²) >= 11 is 5.98. The molecule has 1 saturated heterocycles. The van der Waals surface area contributed by atoms with Gasteiger partial charge < -0.3 is 19.3 Å². The quantitative estimate of drug-likeness (QED) is 0.747. The number of aromatic nitrogens is 1. The third-order valence-electron chi connectivity index (χ3n) is 4.80. The van der Waals surface area contributed by atoms with Gasteiger partial charge in [-0.25, -0.2) is 4.98 Å². The normalized spacial score (nSPS) is 14.4. The predicted molar refractivity (Wildman–Crippen MR) is 110 cm³/mol. The van der Waals surface area contributed by atoms with E-state index in [9.17, 15) is 9.59 Å². The zero-order valence-electron chi connectivity index (χ0n) is 16.7. The van der Waals surface area contributed by atoms with Gasteiger partial charge in [-0.2, -0.15) is 0 Å². The Morgan fingerprint density at radius 1 is 1.17 bits per heavy atom. The minimum Gasteiger partial charge on any atom is -0.496 e. The van der Waals surface area contributed by atoms with E-state index in [2.05, 4.69) is 4.98 Å².